The molecule has 0 N–H and O–H groups in total. The second kappa shape index (κ2) is 18.6. The van der Waals surface area contributed by atoms with Crippen molar-refractivity contribution in [3.63, 3.8) is 0 Å². The summed E-state index contributed by atoms with van der Waals surface area (Å²) in [4.78, 5) is 22.6. The number of hydrogen-bond donors (Lipinski definition) is 0. The van der Waals surface area contributed by atoms with Crippen LogP contribution in [0.5, 0.6) is 0 Å². The van der Waals surface area contributed by atoms with E-state index in [1.54, 1.807) is 5.57 Å². The molecule has 4 aliphatic rings. The molecule has 3 fully saturated rings. The lowest BCUT2D eigenvalue weighted by molar-refractivity contribution is -0.0593. The third-order valence-corrected chi connectivity index (χ3v) is 14.2. The second-order valence-corrected chi connectivity index (χ2v) is 18.8. The first-order valence-corrected chi connectivity index (χ1v) is 20.9. The summed E-state index contributed by atoms with van der Waals surface area (Å²) in [6, 6.07) is 0. The summed E-state index contributed by atoms with van der Waals surface area (Å²) in [5, 5.41) is 0. The number of rotatable bonds is 19. The highest BCUT2D eigenvalue weighted by molar-refractivity contribution is 5.67. The molecule has 0 aromatic carbocycles. The van der Waals surface area contributed by atoms with Crippen molar-refractivity contribution in [2.75, 3.05) is 74.5 Å². The van der Waals surface area contributed by atoms with Crippen LogP contribution in [0.2, 0.25) is 0 Å². The van der Waals surface area contributed by atoms with Crippen LogP contribution in [0.3, 0.4) is 0 Å². The lowest BCUT2D eigenvalue weighted by atomic mass is 9.47. The predicted molar refractivity (Wildman–Crippen MR) is 208 cm³/mol. The number of amides is 1. The van der Waals surface area contributed by atoms with E-state index < -0.39 is 0 Å². The van der Waals surface area contributed by atoms with E-state index in [1.165, 1.54) is 64.2 Å². The maximum atomic E-state index is 13.7. The summed E-state index contributed by atoms with van der Waals surface area (Å²) in [7, 11) is 10.7. The van der Waals surface area contributed by atoms with Crippen LogP contribution in [0.25, 0.3) is 0 Å². The van der Waals surface area contributed by atoms with E-state index >= 15 is 0 Å². The van der Waals surface area contributed by atoms with Gasteiger partial charge in [-0.25, -0.2) is 4.79 Å². The molecular weight excluding hydrogens is 604 g/mol. The molecule has 4 aliphatic carbocycles. The molecule has 0 heterocycles. The highest BCUT2D eigenvalue weighted by Crippen LogP contribution is 2.67. The van der Waals surface area contributed by atoms with E-state index in [4.69, 9.17) is 4.74 Å². The van der Waals surface area contributed by atoms with Crippen LogP contribution in [0.1, 0.15) is 131 Å². The van der Waals surface area contributed by atoms with Crippen LogP contribution in [0.15, 0.2) is 11.6 Å². The number of fused-ring (bicyclic) bond motifs is 5. The minimum atomic E-state index is -0.0751. The molecule has 0 saturated heterocycles. The maximum Gasteiger partial charge on any atom is 0.410 e. The molecule has 0 bridgehead atoms. The highest BCUT2D eigenvalue weighted by atomic mass is 16.6. The SMILES string of the molecule is CC(C)CCC[C@@H](C)[C@H]1CC[C@H]2[C@@H]3CC=C4C[C@@H](OC(=O)N(CCCCN(C)CCCN(C)C)CCCN(C)C)CC[C@]4(C)[C@H]3CC[C@]12C. The number of allylic oxidation sites excluding steroid dienone is 1. The molecule has 0 aromatic heterocycles. The second-order valence-electron chi connectivity index (χ2n) is 18.8. The molecule has 0 spiro atoms. The van der Waals surface area contributed by atoms with E-state index in [0.717, 1.165) is 107 Å². The molecule has 49 heavy (non-hydrogen) atoms. The van der Waals surface area contributed by atoms with Crippen LogP contribution in [0, 0.1) is 46.3 Å². The Morgan fingerprint density at radius 2 is 1.43 bits per heavy atom. The van der Waals surface area contributed by atoms with Gasteiger partial charge in [0.25, 0.3) is 0 Å². The van der Waals surface area contributed by atoms with E-state index in [-0.39, 0.29) is 17.6 Å². The molecule has 0 aromatic rings. The highest BCUT2D eigenvalue weighted by Gasteiger charge is 2.59. The first kappa shape index (κ1) is 40.7. The third kappa shape index (κ3) is 10.7. The van der Waals surface area contributed by atoms with Crippen LogP contribution in [0.4, 0.5) is 4.79 Å². The maximum absolute atomic E-state index is 13.7. The Morgan fingerprint density at radius 1 is 0.776 bits per heavy atom. The standard InChI is InChI=1S/C43H80N4O2/c1-33(2)16-13-17-34(3)38-20-21-39-37-19-18-35-32-36(22-24-42(35,4)40(37)23-25-43(38,39)5)49-41(48)47(31-15-27-45(8)9)30-12-11-28-46(10)29-14-26-44(6)7/h18,33-34,36-40H,11-17,19-32H2,1-10H3/t34-,36+,37+,38-,39+,40+,42+,43-/m1/s1. The first-order valence-electron chi connectivity index (χ1n) is 20.9. The van der Waals surface area contributed by atoms with Crippen molar-refractivity contribution in [3.05, 3.63) is 11.6 Å². The minimum Gasteiger partial charge on any atom is -0.446 e. The van der Waals surface area contributed by atoms with Crippen molar-refractivity contribution in [2.24, 2.45) is 46.3 Å². The average Bonchev–Trinajstić information content (AvgIpc) is 3.39. The molecule has 4 rings (SSSR count). The molecular formula is C43H80N4O2. The Hall–Kier alpha value is -1.11. The number of nitrogens with zero attached hydrogens (tertiary/aromatic N) is 4. The van der Waals surface area contributed by atoms with Crippen LogP contribution < -0.4 is 0 Å². The van der Waals surface area contributed by atoms with Gasteiger partial charge in [-0.05, 0) is 178 Å². The van der Waals surface area contributed by atoms with E-state index in [2.05, 4.69) is 90.6 Å². The van der Waals surface area contributed by atoms with E-state index in [9.17, 15) is 4.79 Å². The van der Waals surface area contributed by atoms with Crippen LogP contribution in [-0.2, 0) is 4.74 Å². The monoisotopic (exact) mass is 685 g/mol. The van der Waals surface area contributed by atoms with Crippen molar-refractivity contribution < 1.29 is 9.53 Å². The van der Waals surface area contributed by atoms with Gasteiger partial charge in [0.05, 0.1) is 0 Å². The normalized spacial score (nSPS) is 31.9. The van der Waals surface area contributed by atoms with Crippen molar-refractivity contribution in [1.82, 2.24) is 19.6 Å². The van der Waals surface area contributed by atoms with Crippen LogP contribution >= 0.6 is 0 Å². The summed E-state index contributed by atoms with van der Waals surface area (Å²) >= 11 is 0. The van der Waals surface area contributed by atoms with Gasteiger partial charge in [-0.1, -0.05) is 65.5 Å². The van der Waals surface area contributed by atoms with Gasteiger partial charge >= 0.3 is 6.09 Å². The zero-order chi connectivity index (χ0) is 35.8. The smallest absolute Gasteiger partial charge is 0.410 e. The lowest BCUT2D eigenvalue weighted by Gasteiger charge is -2.58. The van der Waals surface area contributed by atoms with Gasteiger partial charge in [-0.15, -0.1) is 0 Å². The molecule has 0 aliphatic heterocycles. The summed E-state index contributed by atoms with van der Waals surface area (Å²) < 4.78 is 6.38. The fourth-order valence-corrected chi connectivity index (χ4v) is 11.3. The largest absolute Gasteiger partial charge is 0.446 e. The van der Waals surface area contributed by atoms with Gasteiger partial charge in [0.15, 0.2) is 0 Å². The zero-order valence-electron chi connectivity index (χ0n) is 34.1. The number of ether oxygens (including phenoxy) is 1. The molecule has 0 unspecified atom stereocenters. The van der Waals surface area contributed by atoms with Crippen molar-refractivity contribution >= 4 is 6.09 Å². The molecule has 3 saturated carbocycles. The molecule has 6 heteroatoms. The van der Waals surface area contributed by atoms with Crippen molar-refractivity contribution in [2.45, 2.75) is 137 Å². The van der Waals surface area contributed by atoms with Crippen molar-refractivity contribution in [1.29, 1.82) is 0 Å². The summed E-state index contributed by atoms with van der Waals surface area (Å²) in [5.41, 5.74) is 2.44. The number of hydrogen-bond acceptors (Lipinski definition) is 5. The predicted octanol–water partition coefficient (Wildman–Crippen LogP) is 9.45. The van der Waals surface area contributed by atoms with Crippen molar-refractivity contribution in [3.8, 4) is 0 Å². The van der Waals surface area contributed by atoms with Gasteiger partial charge in [-0.3, -0.25) is 0 Å². The lowest BCUT2D eigenvalue weighted by Crippen LogP contribution is -2.51. The third-order valence-electron chi connectivity index (χ3n) is 14.2. The van der Waals surface area contributed by atoms with E-state index in [1.807, 2.05) is 4.90 Å². The molecule has 8 atom stereocenters. The van der Waals surface area contributed by atoms with Gasteiger partial charge in [0.2, 0.25) is 0 Å². The quantitative estimate of drug-likeness (QED) is 0.100. The average molecular weight is 685 g/mol. The Kier molecular flexibility index (Phi) is 15.4. The zero-order valence-corrected chi connectivity index (χ0v) is 34.1. The Bertz CT molecular complexity index is 1040. The summed E-state index contributed by atoms with van der Waals surface area (Å²) in [6.07, 6.45) is 21.3. The molecule has 0 radical (unpaired) electrons. The molecule has 1 amide bonds. The summed E-state index contributed by atoms with van der Waals surface area (Å²) in [6.45, 7) is 18.6. The Balaban J connectivity index is 1.31. The van der Waals surface area contributed by atoms with E-state index in [0.29, 0.717) is 5.41 Å². The number of carbonyl (C=O) groups is 1. The minimum absolute atomic E-state index is 0.0268. The van der Waals surface area contributed by atoms with Gasteiger partial charge in [-0.2, -0.15) is 0 Å². The van der Waals surface area contributed by atoms with Crippen LogP contribution in [-0.4, -0.2) is 106 Å². The fourth-order valence-electron chi connectivity index (χ4n) is 11.3. The molecule has 6 nitrogen and oxygen atoms in total. The van der Waals surface area contributed by atoms with Gasteiger partial charge < -0.3 is 24.3 Å². The Labute approximate surface area is 304 Å². The molecule has 284 valence electrons. The van der Waals surface area contributed by atoms with Gasteiger partial charge in [0, 0.05) is 19.5 Å². The number of carbonyl (C=O) groups excluding carboxylic acids is 1. The fraction of sp³-hybridized carbons (Fsp3) is 0.930. The number of unbranched alkanes of at least 4 members (excludes halogenated alkanes) is 1. The summed E-state index contributed by atoms with van der Waals surface area (Å²) in [5.74, 6) is 5.15. The first-order chi connectivity index (χ1) is 23.2. The van der Waals surface area contributed by atoms with Gasteiger partial charge in [0.1, 0.15) is 6.10 Å². The topological polar surface area (TPSA) is 39.3 Å². The Morgan fingerprint density at radius 3 is 2.12 bits per heavy atom.